The lowest BCUT2D eigenvalue weighted by molar-refractivity contribution is -0.148. The van der Waals surface area contributed by atoms with E-state index in [1.807, 2.05) is 0 Å². The third-order valence-electron chi connectivity index (χ3n) is 3.36. The number of carbonyl (C=O) groups excluding carboxylic acids is 2. The van der Waals surface area contributed by atoms with Gasteiger partial charge in [0.2, 0.25) is 5.91 Å². The van der Waals surface area contributed by atoms with Gasteiger partial charge in [-0.3, -0.25) is 9.59 Å². The summed E-state index contributed by atoms with van der Waals surface area (Å²) in [5.74, 6) is -1.56. The SMILES string of the molecule is CN(CC(=O)N1CCC[C@H]1C(=O)O)C(=O)c1ccc(Br)s1. The van der Waals surface area contributed by atoms with Gasteiger partial charge in [-0.2, -0.15) is 0 Å². The van der Waals surface area contributed by atoms with Gasteiger partial charge < -0.3 is 14.9 Å². The first-order chi connectivity index (χ1) is 9.90. The lowest BCUT2D eigenvalue weighted by atomic mass is 10.2. The first kappa shape index (κ1) is 16.0. The molecule has 1 fully saturated rings. The van der Waals surface area contributed by atoms with Gasteiger partial charge in [-0.25, -0.2) is 4.79 Å². The molecule has 0 unspecified atom stereocenters. The van der Waals surface area contributed by atoms with E-state index in [0.717, 1.165) is 3.79 Å². The molecule has 8 heteroatoms. The summed E-state index contributed by atoms with van der Waals surface area (Å²) in [6, 6.07) is 2.69. The van der Waals surface area contributed by atoms with E-state index < -0.39 is 12.0 Å². The molecule has 0 aromatic carbocycles. The van der Waals surface area contributed by atoms with Crippen LogP contribution >= 0.6 is 27.3 Å². The number of carboxylic acids is 1. The van der Waals surface area contributed by atoms with Gasteiger partial charge in [0.25, 0.3) is 5.91 Å². The van der Waals surface area contributed by atoms with Gasteiger partial charge in [0, 0.05) is 13.6 Å². The second-order valence-electron chi connectivity index (χ2n) is 4.85. The van der Waals surface area contributed by atoms with Crippen molar-refractivity contribution in [3.8, 4) is 0 Å². The number of likely N-dealkylation sites (N-methyl/N-ethyl adjacent to an activating group) is 1. The zero-order valence-corrected chi connectivity index (χ0v) is 13.8. The number of amides is 2. The average Bonchev–Trinajstić information content (AvgIpc) is 3.05. The fourth-order valence-electron chi connectivity index (χ4n) is 2.30. The van der Waals surface area contributed by atoms with Gasteiger partial charge in [-0.05, 0) is 40.9 Å². The molecular weight excluding hydrogens is 360 g/mol. The van der Waals surface area contributed by atoms with Gasteiger partial charge in [-0.15, -0.1) is 11.3 Å². The van der Waals surface area contributed by atoms with Crippen LogP contribution in [0.5, 0.6) is 0 Å². The molecule has 0 aliphatic carbocycles. The smallest absolute Gasteiger partial charge is 0.326 e. The molecule has 1 aliphatic heterocycles. The van der Waals surface area contributed by atoms with Crippen molar-refractivity contribution >= 4 is 45.1 Å². The van der Waals surface area contributed by atoms with Crippen molar-refractivity contribution in [3.05, 3.63) is 20.8 Å². The first-order valence-corrected chi connectivity index (χ1v) is 8.04. The highest BCUT2D eigenvalue weighted by Crippen LogP contribution is 2.23. The lowest BCUT2D eigenvalue weighted by Crippen LogP contribution is -2.45. The minimum atomic E-state index is -0.989. The second kappa shape index (κ2) is 6.57. The van der Waals surface area contributed by atoms with Crippen molar-refractivity contribution in [2.45, 2.75) is 18.9 Å². The van der Waals surface area contributed by atoms with Gasteiger partial charge in [-0.1, -0.05) is 0 Å². The second-order valence-corrected chi connectivity index (χ2v) is 7.31. The third kappa shape index (κ3) is 3.62. The number of rotatable bonds is 4. The van der Waals surface area contributed by atoms with E-state index in [0.29, 0.717) is 24.3 Å². The summed E-state index contributed by atoms with van der Waals surface area (Å²) in [5.41, 5.74) is 0. The lowest BCUT2D eigenvalue weighted by Gasteiger charge is -2.24. The minimum absolute atomic E-state index is 0.113. The maximum absolute atomic E-state index is 12.2. The van der Waals surface area contributed by atoms with Gasteiger partial charge in [0.15, 0.2) is 0 Å². The maximum atomic E-state index is 12.2. The topological polar surface area (TPSA) is 77.9 Å². The Kier molecular flexibility index (Phi) is 5.00. The Balaban J connectivity index is 1.99. The molecular formula is C13H15BrN2O4S. The molecule has 0 saturated carbocycles. The van der Waals surface area contributed by atoms with Crippen LogP contribution in [0.15, 0.2) is 15.9 Å². The van der Waals surface area contributed by atoms with Crippen LogP contribution in [0.1, 0.15) is 22.5 Å². The summed E-state index contributed by atoms with van der Waals surface area (Å²) in [5, 5.41) is 9.08. The Labute approximate surface area is 134 Å². The molecule has 2 rings (SSSR count). The summed E-state index contributed by atoms with van der Waals surface area (Å²) in [6.45, 7) is 0.320. The number of halogens is 1. The van der Waals surface area contributed by atoms with Crippen molar-refractivity contribution in [2.24, 2.45) is 0 Å². The zero-order valence-electron chi connectivity index (χ0n) is 11.4. The van der Waals surface area contributed by atoms with Crippen LogP contribution in [0.3, 0.4) is 0 Å². The van der Waals surface area contributed by atoms with Crippen LogP contribution in [0, 0.1) is 0 Å². The molecule has 1 atom stereocenters. The molecule has 2 heterocycles. The Bertz CT molecular complexity index is 574. The van der Waals surface area contributed by atoms with E-state index >= 15 is 0 Å². The molecule has 0 spiro atoms. The van der Waals surface area contributed by atoms with Gasteiger partial charge in [0.1, 0.15) is 6.04 Å². The highest BCUT2D eigenvalue weighted by Gasteiger charge is 2.34. The summed E-state index contributed by atoms with van der Waals surface area (Å²) < 4.78 is 0.844. The fourth-order valence-corrected chi connectivity index (χ4v) is 3.69. The summed E-state index contributed by atoms with van der Waals surface area (Å²) in [6.07, 6.45) is 1.15. The Morgan fingerprint density at radius 2 is 2.19 bits per heavy atom. The van der Waals surface area contributed by atoms with E-state index in [2.05, 4.69) is 15.9 Å². The summed E-state index contributed by atoms with van der Waals surface area (Å²) >= 11 is 4.58. The van der Waals surface area contributed by atoms with E-state index in [1.54, 1.807) is 19.2 Å². The molecule has 2 amide bonds. The van der Waals surface area contributed by atoms with Crippen LogP contribution in [0.2, 0.25) is 0 Å². The average molecular weight is 375 g/mol. The van der Waals surface area contributed by atoms with Crippen LogP contribution in [0.25, 0.3) is 0 Å². The van der Waals surface area contributed by atoms with Gasteiger partial charge >= 0.3 is 5.97 Å². The molecule has 1 N–H and O–H groups in total. The zero-order chi connectivity index (χ0) is 15.6. The maximum Gasteiger partial charge on any atom is 0.326 e. The predicted octanol–water partition coefficient (Wildman–Crippen LogP) is 1.66. The number of nitrogens with zero attached hydrogens (tertiary/aromatic N) is 2. The highest BCUT2D eigenvalue weighted by molar-refractivity contribution is 9.11. The number of hydrogen-bond acceptors (Lipinski definition) is 4. The molecule has 1 saturated heterocycles. The van der Waals surface area contributed by atoms with Crippen LogP contribution in [0.4, 0.5) is 0 Å². The number of carbonyl (C=O) groups is 3. The largest absolute Gasteiger partial charge is 0.480 e. The fraction of sp³-hybridized carbons (Fsp3) is 0.462. The number of likely N-dealkylation sites (tertiary alicyclic amines) is 1. The molecule has 114 valence electrons. The third-order valence-corrected chi connectivity index (χ3v) is 4.97. The minimum Gasteiger partial charge on any atom is -0.480 e. The standard InChI is InChI=1S/C13H15BrN2O4S/c1-15(12(18)9-4-5-10(14)21-9)7-11(17)16-6-2-3-8(16)13(19)20/h4-5,8H,2-3,6-7H2,1H3,(H,19,20)/t8-/m0/s1. The van der Waals surface area contributed by atoms with Crippen LogP contribution < -0.4 is 0 Å². The number of hydrogen-bond donors (Lipinski definition) is 1. The molecule has 0 radical (unpaired) electrons. The number of thiophene rings is 1. The molecule has 1 aromatic heterocycles. The predicted molar refractivity (Wildman–Crippen MR) is 81.4 cm³/mol. The van der Waals surface area contributed by atoms with Crippen LogP contribution in [-0.4, -0.2) is 58.9 Å². The normalized spacial score (nSPS) is 17.8. The molecule has 1 aliphatic rings. The van der Waals surface area contributed by atoms with Crippen molar-refractivity contribution in [2.75, 3.05) is 20.1 Å². The number of aliphatic carboxylic acids is 1. The Morgan fingerprint density at radius 1 is 1.48 bits per heavy atom. The summed E-state index contributed by atoms with van der Waals surface area (Å²) in [7, 11) is 1.54. The summed E-state index contributed by atoms with van der Waals surface area (Å²) in [4.78, 5) is 38.6. The quantitative estimate of drug-likeness (QED) is 0.868. The van der Waals surface area contributed by atoms with Crippen molar-refractivity contribution in [3.63, 3.8) is 0 Å². The Morgan fingerprint density at radius 3 is 2.76 bits per heavy atom. The van der Waals surface area contributed by atoms with Gasteiger partial charge in [0.05, 0.1) is 15.2 Å². The Hall–Kier alpha value is -1.41. The molecule has 21 heavy (non-hydrogen) atoms. The molecule has 0 bridgehead atoms. The molecule has 1 aromatic rings. The van der Waals surface area contributed by atoms with E-state index in [-0.39, 0.29) is 18.4 Å². The number of carboxylic acid groups (broad SMARTS) is 1. The van der Waals surface area contributed by atoms with Crippen molar-refractivity contribution in [1.29, 1.82) is 0 Å². The van der Waals surface area contributed by atoms with E-state index in [9.17, 15) is 14.4 Å². The first-order valence-electron chi connectivity index (χ1n) is 6.43. The monoisotopic (exact) mass is 374 g/mol. The van der Waals surface area contributed by atoms with Crippen molar-refractivity contribution in [1.82, 2.24) is 9.80 Å². The molecule has 6 nitrogen and oxygen atoms in total. The van der Waals surface area contributed by atoms with Crippen LogP contribution in [-0.2, 0) is 9.59 Å². The van der Waals surface area contributed by atoms with Crippen molar-refractivity contribution < 1.29 is 19.5 Å². The highest BCUT2D eigenvalue weighted by atomic mass is 79.9. The van der Waals surface area contributed by atoms with E-state index in [1.165, 1.54) is 21.1 Å². The van der Waals surface area contributed by atoms with E-state index in [4.69, 9.17) is 5.11 Å².